The maximum Gasteiger partial charge on any atom is 0.348 e. The fraction of sp³-hybridized carbons (Fsp3) is 0.222. The summed E-state index contributed by atoms with van der Waals surface area (Å²) in [5, 5.41) is 9.14. The Kier molecular flexibility index (Phi) is 10.3. The Hall–Kier alpha value is -5.64. The molecule has 10 nitrogen and oxygen atoms in total. The summed E-state index contributed by atoms with van der Waals surface area (Å²) in [6.07, 6.45) is 0.746. The van der Waals surface area contributed by atoms with Crippen LogP contribution in [-0.2, 0) is 30.8 Å². The molecule has 46 heavy (non-hydrogen) atoms. The van der Waals surface area contributed by atoms with Crippen molar-refractivity contribution < 1.29 is 18.7 Å². The van der Waals surface area contributed by atoms with Crippen molar-refractivity contribution in [3.05, 3.63) is 129 Å². The van der Waals surface area contributed by atoms with Crippen molar-refractivity contribution in [1.82, 2.24) is 20.5 Å². The Morgan fingerprint density at radius 3 is 2.26 bits per heavy atom. The van der Waals surface area contributed by atoms with Gasteiger partial charge in [-0.05, 0) is 53.3 Å². The minimum Gasteiger partial charge on any atom is -0.497 e. The Labute approximate surface area is 267 Å². The van der Waals surface area contributed by atoms with Gasteiger partial charge in [-0.2, -0.15) is 4.98 Å². The summed E-state index contributed by atoms with van der Waals surface area (Å²) in [6.45, 7) is 2.97. The van der Waals surface area contributed by atoms with E-state index in [1.165, 1.54) is 0 Å². The third-order valence-corrected chi connectivity index (χ3v) is 7.76. The molecule has 0 saturated heterocycles. The molecule has 0 aliphatic carbocycles. The van der Waals surface area contributed by atoms with Crippen LogP contribution in [0.1, 0.15) is 34.2 Å². The van der Waals surface area contributed by atoms with Gasteiger partial charge in [-0.25, -0.2) is 9.59 Å². The van der Waals surface area contributed by atoms with E-state index in [2.05, 4.69) is 20.9 Å². The lowest BCUT2D eigenvalue weighted by atomic mass is 10.0. The summed E-state index contributed by atoms with van der Waals surface area (Å²) in [4.78, 5) is 44.7. The largest absolute Gasteiger partial charge is 0.497 e. The highest BCUT2D eigenvalue weighted by Crippen LogP contribution is 2.28. The average Bonchev–Trinajstić information content (AvgIpc) is 3.07. The predicted octanol–water partition coefficient (Wildman–Crippen LogP) is 5.84. The molecule has 3 N–H and O–H groups in total. The molecule has 10 heteroatoms. The highest BCUT2D eigenvalue weighted by molar-refractivity contribution is 5.83. The molecule has 0 saturated carbocycles. The second-order valence-corrected chi connectivity index (χ2v) is 11.0. The van der Waals surface area contributed by atoms with Crippen molar-refractivity contribution in [2.75, 3.05) is 19.5 Å². The van der Waals surface area contributed by atoms with Gasteiger partial charge in [-0.15, -0.1) is 0 Å². The molecule has 0 atom stereocenters. The lowest BCUT2D eigenvalue weighted by Crippen LogP contribution is -2.34. The zero-order valence-electron chi connectivity index (χ0n) is 26.1. The first kappa shape index (κ1) is 31.8. The number of amides is 3. The first-order valence-corrected chi connectivity index (χ1v) is 15.0. The molecule has 0 fully saturated rings. The van der Waals surface area contributed by atoms with Gasteiger partial charge in [-0.1, -0.05) is 72.8 Å². The topological polar surface area (TPSA) is 126 Å². The molecule has 4 aromatic carbocycles. The van der Waals surface area contributed by atoms with Crippen molar-refractivity contribution in [1.29, 1.82) is 0 Å². The predicted molar refractivity (Wildman–Crippen MR) is 178 cm³/mol. The van der Waals surface area contributed by atoms with Gasteiger partial charge in [0.1, 0.15) is 5.75 Å². The summed E-state index contributed by atoms with van der Waals surface area (Å²) >= 11 is 0. The molecular formula is C36H37N5O5. The number of anilines is 2. The van der Waals surface area contributed by atoms with Crippen molar-refractivity contribution >= 4 is 34.5 Å². The van der Waals surface area contributed by atoms with Gasteiger partial charge in [0.05, 0.1) is 18.0 Å². The summed E-state index contributed by atoms with van der Waals surface area (Å²) in [5.41, 5.74) is 4.86. The fourth-order valence-electron chi connectivity index (χ4n) is 5.13. The number of nitrogens with zero attached hydrogens (tertiary/aromatic N) is 2. The van der Waals surface area contributed by atoms with E-state index in [-0.39, 0.29) is 24.5 Å². The molecule has 0 spiro atoms. The van der Waals surface area contributed by atoms with Crippen molar-refractivity contribution in [2.45, 2.75) is 39.4 Å². The smallest absolute Gasteiger partial charge is 0.348 e. The van der Waals surface area contributed by atoms with Crippen LogP contribution < -0.4 is 26.3 Å². The number of aryl methyl sites for hydroxylation is 2. The van der Waals surface area contributed by atoms with E-state index >= 15 is 0 Å². The number of aromatic nitrogens is 1. The molecule has 0 radical (unpaired) electrons. The highest BCUT2D eigenvalue weighted by atomic mass is 16.5. The Morgan fingerprint density at radius 1 is 0.870 bits per heavy atom. The first-order valence-electron chi connectivity index (χ1n) is 15.0. The fourth-order valence-corrected chi connectivity index (χ4v) is 5.13. The van der Waals surface area contributed by atoms with E-state index in [1.54, 1.807) is 38.1 Å². The SMILES string of the molecule is COc1ccc(CCC(=O)N(C)Cc2ccccc2)c(Nc2nc3ccc(CNC(=O)NCc4ccccc4)c(C)c3c(=O)o2)c1. The summed E-state index contributed by atoms with van der Waals surface area (Å²) in [6, 6.07) is 28.2. The number of nitrogens with one attached hydrogen (secondary N) is 3. The number of hydrogen-bond donors (Lipinski definition) is 3. The van der Waals surface area contributed by atoms with Crippen LogP contribution in [0.4, 0.5) is 16.5 Å². The molecule has 5 aromatic rings. The van der Waals surface area contributed by atoms with Crippen LogP contribution in [-0.4, -0.2) is 36.0 Å². The van der Waals surface area contributed by atoms with E-state index in [9.17, 15) is 14.4 Å². The molecule has 1 heterocycles. The number of urea groups is 1. The lowest BCUT2D eigenvalue weighted by Gasteiger charge is -2.18. The molecule has 0 bridgehead atoms. The monoisotopic (exact) mass is 619 g/mol. The number of fused-ring (bicyclic) bond motifs is 1. The lowest BCUT2D eigenvalue weighted by molar-refractivity contribution is -0.130. The Bertz CT molecular complexity index is 1880. The molecular weight excluding hydrogens is 582 g/mol. The first-order chi connectivity index (χ1) is 22.3. The van der Waals surface area contributed by atoms with E-state index in [0.29, 0.717) is 53.8 Å². The van der Waals surface area contributed by atoms with Crippen molar-refractivity contribution in [2.24, 2.45) is 0 Å². The molecule has 236 valence electrons. The maximum absolute atomic E-state index is 13.2. The van der Waals surface area contributed by atoms with E-state index in [1.807, 2.05) is 78.9 Å². The average molecular weight is 620 g/mol. The molecule has 0 aliphatic heterocycles. The number of carbonyl (C=O) groups is 2. The van der Waals surface area contributed by atoms with Crippen LogP contribution in [0.25, 0.3) is 10.9 Å². The summed E-state index contributed by atoms with van der Waals surface area (Å²) in [5.74, 6) is 0.609. The van der Waals surface area contributed by atoms with Gasteiger partial charge >= 0.3 is 17.7 Å². The van der Waals surface area contributed by atoms with Crippen LogP contribution in [0.3, 0.4) is 0 Å². The van der Waals surface area contributed by atoms with Gasteiger partial charge in [0.15, 0.2) is 0 Å². The standard InChI is InChI=1S/C36H37N5O5/c1-24-28(22-38-35(44)37-21-25-10-6-4-7-11-25)15-18-30-33(24)34(43)46-36(39-30)40-31-20-29(45-3)17-14-27(31)16-19-32(42)41(2)23-26-12-8-5-9-13-26/h4-15,17-18,20H,16,19,21-23H2,1-3H3,(H,39,40)(H2,37,38,44). The second kappa shape index (κ2) is 14.9. The van der Waals surface area contributed by atoms with Gasteiger partial charge in [0.25, 0.3) is 0 Å². The van der Waals surface area contributed by atoms with Gasteiger partial charge in [-0.3, -0.25) is 4.79 Å². The maximum atomic E-state index is 13.2. The minimum atomic E-state index is -0.553. The Morgan fingerprint density at radius 2 is 1.54 bits per heavy atom. The Balaban J connectivity index is 1.27. The number of hydrogen-bond acceptors (Lipinski definition) is 7. The molecule has 3 amide bonds. The highest BCUT2D eigenvalue weighted by Gasteiger charge is 2.16. The van der Waals surface area contributed by atoms with Crippen LogP contribution >= 0.6 is 0 Å². The van der Waals surface area contributed by atoms with Crippen molar-refractivity contribution in [3.63, 3.8) is 0 Å². The van der Waals surface area contributed by atoms with Gasteiger partial charge in [0, 0.05) is 44.9 Å². The summed E-state index contributed by atoms with van der Waals surface area (Å²) < 4.78 is 11.0. The third kappa shape index (κ3) is 8.09. The number of benzene rings is 4. The minimum absolute atomic E-state index is 0.00966. The van der Waals surface area contributed by atoms with E-state index in [4.69, 9.17) is 9.15 Å². The number of methoxy groups -OCH3 is 1. The normalized spacial score (nSPS) is 10.8. The zero-order valence-corrected chi connectivity index (χ0v) is 26.1. The van der Waals surface area contributed by atoms with Crippen LogP contribution in [0.5, 0.6) is 5.75 Å². The van der Waals surface area contributed by atoms with Crippen LogP contribution in [0.2, 0.25) is 0 Å². The molecule has 1 aromatic heterocycles. The quantitative estimate of drug-likeness (QED) is 0.160. The van der Waals surface area contributed by atoms with Crippen LogP contribution in [0, 0.1) is 6.92 Å². The molecule has 0 unspecified atom stereocenters. The third-order valence-electron chi connectivity index (χ3n) is 7.76. The van der Waals surface area contributed by atoms with E-state index in [0.717, 1.165) is 22.3 Å². The second-order valence-electron chi connectivity index (χ2n) is 11.0. The van der Waals surface area contributed by atoms with E-state index < -0.39 is 5.63 Å². The molecule has 5 rings (SSSR count). The van der Waals surface area contributed by atoms with Crippen LogP contribution in [0.15, 0.2) is 100 Å². The van der Waals surface area contributed by atoms with Crippen molar-refractivity contribution in [3.8, 4) is 5.75 Å². The van der Waals surface area contributed by atoms with Gasteiger partial charge in [0.2, 0.25) is 5.91 Å². The number of rotatable bonds is 12. The number of ether oxygens (including phenoxy) is 1. The zero-order chi connectivity index (χ0) is 32.5. The van der Waals surface area contributed by atoms with Gasteiger partial charge < -0.3 is 30.0 Å². The summed E-state index contributed by atoms with van der Waals surface area (Å²) in [7, 11) is 3.36. The number of carbonyl (C=O) groups excluding carboxylic acids is 2. The molecule has 0 aliphatic rings.